The summed E-state index contributed by atoms with van der Waals surface area (Å²) in [7, 11) is 2.00. The Morgan fingerprint density at radius 3 is 1.69 bits per heavy atom. The number of hydrogen-bond acceptors (Lipinski definition) is 9. The summed E-state index contributed by atoms with van der Waals surface area (Å²) in [5.41, 5.74) is 18.7. The lowest BCUT2D eigenvalue weighted by atomic mass is 10.0. The van der Waals surface area contributed by atoms with Crippen molar-refractivity contribution in [1.82, 2.24) is 30.0 Å². The second-order valence-electron chi connectivity index (χ2n) is 17.5. The zero-order valence-corrected chi connectivity index (χ0v) is 40.7. The molecule has 2 aromatic heterocycles. The van der Waals surface area contributed by atoms with Gasteiger partial charge in [0.05, 0.1) is 16.6 Å². The number of hydrogen-bond donors (Lipinski definition) is 4. The number of nitrogens with zero attached hydrogens (tertiary/aromatic N) is 5. The minimum Gasteiger partial charge on any atom is -0.384 e. The maximum Gasteiger partial charge on any atom is 0.416 e. The molecule has 5 aromatic carbocycles. The number of alkyl halides is 3. The number of carbonyl (C=O) groups is 2. The topological polar surface area (TPSA) is 146 Å². The number of nitrogen functional groups attached to an aromatic ring is 2. The van der Waals surface area contributed by atoms with E-state index in [0.29, 0.717) is 48.0 Å². The highest BCUT2D eigenvalue weighted by atomic mass is 19.4. The molecule has 14 heteroatoms. The molecule has 0 radical (unpaired) electrons. The minimum atomic E-state index is -4.55. The van der Waals surface area contributed by atoms with Crippen molar-refractivity contribution in [3.8, 4) is 23.7 Å². The fourth-order valence-electron chi connectivity index (χ4n) is 8.14. The minimum absolute atomic E-state index is 0.0798. The quantitative estimate of drug-likeness (QED) is 0.0987. The lowest BCUT2D eigenvalue weighted by molar-refractivity contribution is -0.138. The molecule has 0 bridgehead atoms. The van der Waals surface area contributed by atoms with Crippen molar-refractivity contribution in [3.63, 3.8) is 0 Å². The summed E-state index contributed by atoms with van der Waals surface area (Å²) >= 11 is 0. The lowest BCUT2D eigenvalue weighted by Crippen LogP contribution is -2.44. The van der Waals surface area contributed by atoms with Crippen LogP contribution in [0, 0.1) is 37.5 Å². The average Bonchev–Trinajstić information content (AvgIpc) is 3.35. The molecule has 7 aromatic rings. The number of nitrogens with two attached hydrogens (primary N) is 2. The number of aromatic nitrogens is 2. The molecule has 71 heavy (non-hydrogen) atoms. The van der Waals surface area contributed by atoms with Crippen LogP contribution in [-0.4, -0.2) is 95.9 Å². The Morgan fingerprint density at radius 2 is 1.17 bits per heavy atom. The normalized spacial score (nSPS) is 12.9. The van der Waals surface area contributed by atoms with Crippen LogP contribution in [0.2, 0.25) is 0 Å². The van der Waals surface area contributed by atoms with Gasteiger partial charge in [0.1, 0.15) is 11.6 Å². The van der Waals surface area contributed by atoms with Crippen LogP contribution >= 0.6 is 0 Å². The van der Waals surface area contributed by atoms with Gasteiger partial charge in [-0.05, 0) is 111 Å². The molecule has 1 fully saturated rings. The van der Waals surface area contributed by atoms with Crippen molar-refractivity contribution in [2.24, 2.45) is 0 Å². The van der Waals surface area contributed by atoms with Crippen molar-refractivity contribution >= 4 is 50.9 Å². The van der Waals surface area contributed by atoms with Gasteiger partial charge < -0.3 is 31.9 Å². The Balaban J connectivity index is 0.000000219. The molecule has 0 saturated carbocycles. The molecule has 3 heterocycles. The first-order chi connectivity index (χ1) is 34.1. The Morgan fingerprint density at radius 1 is 0.662 bits per heavy atom. The molecule has 11 nitrogen and oxygen atoms in total. The molecule has 1 aliphatic rings. The van der Waals surface area contributed by atoms with Gasteiger partial charge in [0, 0.05) is 95.7 Å². The number of anilines is 3. The number of fused-ring (bicyclic) bond motifs is 2. The van der Waals surface area contributed by atoms with Gasteiger partial charge in [-0.2, -0.15) is 13.2 Å². The van der Waals surface area contributed by atoms with E-state index in [1.54, 1.807) is 30.3 Å². The summed E-state index contributed by atoms with van der Waals surface area (Å²) in [6, 6.07) is 33.4. The zero-order chi connectivity index (χ0) is 50.7. The molecule has 1 saturated heterocycles. The predicted octanol–water partition coefficient (Wildman–Crippen LogP) is 9.14. The largest absolute Gasteiger partial charge is 0.416 e. The number of carbonyl (C=O) groups excluding carboxylic acids is 2. The van der Waals surface area contributed by atoms with Crippen molar-refractivity contribution in [2.75, 3.05) is 76.2 Å². The first-order valence-corrected chi connectivity index (χ1v) is 23.6. The average molecular weight is 958 g/mol. The van der Waals surface area contributed by atoms with Crippen LogP contribution in [0.4, 0.5) is 30.5 Å². The SMILES string of the molecule is CCN(CC)CCNC(=O)c1ccc(C)c(C#Cc2cc(N)nc3ccccc23)c1.Cc1ccc(C(=O)Nc2ccc(CN3CCN(C)CC3)c(C(F)(F)F)c2)cc1C#Cc1cc(N)nc2ccccc12. The number of halogens is 3. The first-order valence-electron chi connectivity index (χ1n) is 23.6. The summed E-state index contributed by atoms with van der Waals surface area (Å²) in [6.07, 6.45) is -4.55. The van der Waals surface area contributed by atoms with Gasteiger partial charge in [-0.1, -0.05) is 92.1 Å². The van der Waals surface area contributed by atoms with Crippen molar-refractivity contribution in [1.29, 1.82) is 0 Å². The zero-order valence-electron chi connectivity index (χ0n) is 40.7. The highest BCUT2D eigenvalue weighted by molar-refractivity contribution is 6.04. The Kier molecular flexibility index (Phi) is 16.7. The van der Waals surface area contributed by atoms with Gasteiger partial charge in [-0.15, -0.1) is 0 Å². The molecular weight excluding hydrogens is 900 g/mol. The van der Waals surface area contributed by atoms with E-state index in [1.807, 2.05) is 92.5 Å². The Bertz CT molecular complexity index is 3190. The molecule has 0 spiro atoms. The maximum absolute atomic E-state index is 14.0. The van der Waals surface area contributed by atoms with Crippen LogP contribution in [0.5, 0.6) is 0 Å². The highest BCUT2D eigenvalue weighted by Gasteiger charge is 2.34. The summed E-state index contributed by atoms with van der Waals surface area (Å²) < 4.78 is 41.9. The molecule has 0 atom stereocenters. The molecule has 6 N–H and O–H groups in total. The number of piperazine rings is 1. The number of pyridine rings is 2. The Labute approximate surface area is 413 Å². The maximum atomic E-state index is 14.0. The van der Waals surface area contributed by atoms with E-state index in [-0.39, 0.29) is 29.3 Å². The second-order valence-corrected chi connectivity index (χ2v) is 17.5. The molecule has 0 unspecified atom stereocenters. The molecule has 1 aliphatic heterocycles. The number of para-hydroxylation sites is 2. The molecular formula is C57H58F3N9O2. The number of benzene rings is 5. The summed E-state index contributed by atoms with van der Waals surface area (Å²) in [4.78, 5) is 40.8. The Hall–Kier alpha value is -7.75. The monoisotopic (exact) mass is 957 g/mol. The van der Waals surface area contributed by atoms with Gasteiger partial charge in [0.25, 0.3) is 11.8 Å². The van der Waals surface area contributed by atoms with Crippen LogP contribution in [0.3, 0.4) is 0 Å². The van der Waals surface area contributed by atoms with Gasteiger partial charge in [0.2, 0.25) is 0 Å². The van der Waals surface area contributed by atoms with E-state index in [2.05, 4.69) is 67.9 Å². The third kappa shape index (κ3) is 13.5. The van der Waals surface area contributed by atoms with E-state index >= 15 is 0 Å². The number of rotatable bonds is 10. The summed E-state index contributed by atoms with van der Waals surface area (Å²) in [6.45, 7) is 14.8. The van der Waals surface area contributed by atoms with Gasteiger partial charge in [-0.3, -0.25) is 14.5 Å². The molecule has 364 valence electrons. The van der Waals surface area contributed by atoms with Gasteiger partial charge >= 0.3 is 6.18 Å². The van der Waals surface area contributed by atoms with Crippen LogP contribution < -0.4 is 22.1 Å². The van der Waals surface area contributed by atoms with Gasteiger partial charge in [0.15, 0.2) is 0 Å². The summed E-state index contributed by atoms with van der Waals surface area (Å²) in [5.74, 6) is 12.9. The molecule has 2 amide bonds. The highest BCUT2D eigenvalue weighted by Crippen LogP contribution is 2.35. The number of amides is 2. The molecule has 8 rings (SSSR count). The van der Waals surface area contributed by atoms with Crippen LogP contribution in [-0.2, 0) is 12.7 Å². The number of likely N-dealkylation sites (N-methyl/N-ethyl adjacent to an activating group) is 2. The van der Waals surface area contributed by atoms with Crippen molar-refractivity contribution in [2.45, 2.75) is 40.4 Å². The van der Waals surface area contributed by atoms with E-state index in [4.69, 9.17) is 11.5 Å². The number of nitrogens with one attached hydrogen (secondary N) is 2. The second kappa shape index (κ2) is 23.2. The fourth-order valence-corrected chi connectivity index (χ4v) is 8.14. The van der Waals surface area contributed by atoms with Crippen LogP contribution in [0.15, 0.2) is 115 Å². The first kappa shape index (κ1) is 51.1. The van der Waals surface area contributed by atoms with Crippen LogP contribution in [0.25, 0.3) is 21.8 Å². The van der Waals surface area contributed by atoms with Gasteiger partial charge in [-0.25, -0.2) is 9.97 Å². The standard InChI is InChI=1S/C32H30F3N5O.C25H28N4O/c1-21-7-8-24(17-22(21)9-10-23-18-30(36)38-29-6-4-3-5-27(23)29)31(41)37-26-12-11-25(28(19-26)32(33,34)35)20-40-15-13-39(2)14-16-40;1-4-29(5-2)15-14-27-25(30)21-11-10-18(3)19(16-21)12-13-20-17-24(26)28-23-9-7-6-8-22(20)23/h3-8,11-12,17-19H,13-16,20H2,1-2H3,(H2,36,38)(H,37,41);6-11,16-17H,4-5,14-15H2,1-3H3,(H2,26,28)(H,27,30). The fraction of sp³-hybridized carbons (Fsp3) is 0.263. The summed E-state index contributed by atoms with van der Waals surface area (Å²) in [5, 5.41) is 7.44. The van der Waals surface area contributed by atoms with E-state index < -0.39 is 17.6 Å². The number of aryl methyl sites for hydroxylation is 2. The lowest BCUT2D eigenvalue weighted by Gasteiger charge is -2.33. The van der Waals surface area contributed by atoms with Crippen molar-refractivity contribution < 1.29 is 22.8 Å². The van der Waals surface area contributed by atoms with Crippen molar-refractivity contribution in [3.05, 3.63) is 171 Å². The van der Waals surface area contributed by atoms with E-state index in [1.165, 1.54) is 12.1 Å². The smallest absolute Gasteiger partial charge is 0.384 e. The van der Waals surface area contributed by atoms with E-state index in [9.17, 15) is 22.8 Å². The third-order valence-corrected chi connectivity index (χ3v) is 12.4. The third-order valence-electron chi connectivity index (χ3n) is 12.4. The van der Waals surface area contributed by atoms with E-state index in [0.717, 1.165) is 82.8 Å². The predicted molar refractivity (Wildman–Crippen MR) is 279 cm³/mol. The van der Waals surface area contributed by atoms with Crippen LogP contribution in [0.1, 0.15) is 79.1 Å². The molecule has 0 aliphatic carbocycles.